The number of hydrogen-bond acceptors (Lipinski definition) is 5. The van der Waals surface area contributed by atoms with Gasteiger partial charge in [-0.2, -0.15) is 12.7 Å². The lowest BCUT2D eigenvalue weighted by molar-refractivity contribution is 0.363. The highest BCUT2D eigenvalue weighted by Gasteiger charge is 2.25. The van der Waals surface area contributed by atoms with Crippen molar-refractivity contribution in [3.8, 4) is 16.3 Å². The van der Waals surface area contributed by atoms with E-state index >= 15 is 0 Å². The van der Waals surface area contributed by atoms with E-state index in [1.54, 1.807) is 23.5 Å². The van der Waals surface area contributed by atoms with Crippen molar-refractivity contribution in [1.82, 2.24) is 9.29 Å². The van der Waals surface area contributed by atoms with Crippen molar-refractivity contribution in [2.75, 3.05) is 13.1 Å². The van der Waals surface area contributed by atoms with E-state index in [0.717, 1.165) is 41.9 Å². The predicted molar refractivity (Wildman–Crippen MR) is 91.9 cm³/mol. The second kappa shape index (κ2) is 6.98. The van der Waals surface area contributed by atoms with E-state index in [1.165, 1.54) is 4.31 Å². The lowest BCUT2D eigenvalue weighted by Crippen LogP contribution is -2.35. The summed E-state index contributed by atoms with van der Waals surface area (Å²) in [6.07, 6.45) is 3.94. The third-order valence-corrected chi connectivity index (χ3v) is 6.21. The van der Waals surface area contributed by atoms with Gasteiger partial charge in [0.05, 0.1) is 0 Å². The molecule has 1 aromatic heterocycles. The summed E-state index contributed by atoms with van der Waals surface area (Å²) in [7, 11) is -3.71. The molecule has 3 rings (SSSR count). The topological polar surface area (TPSA) is 59.5 Å². The first-order valence-electron chi connectivity index (χ1n) is 7.77. The Hall–Kier alpha value is -1.44. The van der Waals surface area contributed by atoms with Crippen LogP contribution >= 0.6 is 11.3 Å². The first kappa shape index (κ1) is 16.4. The van der Waals surface area contributed by atoms with Gasteiger partial charge in [-0.05, 0) is 44.0 Å². The maximum absolute atomic E-state index is 12.4. The minimum atomic E-state index is -3.71. The highest BCUT2D eigenvalue weighted by molar-refractivity contribution is 7.84. The van der Waals surface area contributed by atoms with Crippen molar-refractivity contribution in [2.45, 2.75) is 32.6 Å². The number of hydrogen-bond donors (Lipinski definition) is 0. The maximum atomic E-state index is 12.4. The van der Waals surface area contributed by atoms with Crippen LogP contribution in [0.25, 0.3) is 10.6 Å². The zero-order valence-corrected chi connectivity index (χ0v) is 14.7. The van der Waals surface area contributed by atoms with Crippen LogP contribution in [0.2, 0.25) is 0 Å². The quantitative estimate of drug-likeness (QED) is 0.843. The molecule has 1 saturated heterocycles. The molecular weight excluding hydrogens is 332 g/mol. The molecule has 0 aliphatic carbocycles. The average Bonchev–Trinajstić information content (AvgIpc) is 2.78. The van der Waals surface area contributed by atoms with Crippen LogP contribution in [0.4, 0.5) is 0 Å². The summed E-state index contributed by atoms with van der Waals surface area (Å²) in [6, 6.07) is 7.04. The molecule has 1 aliphatic heterocycles. The standard InChI is InChI=1S/C16H20N2O3S2/c1-13-12-22-16(17-13)14-6-8-15(9-7-14)21-23(19,20)18-10-4-2-3-5-11-18/h6-9,12H,2-5,10-11H2,1H3. The van der Waals surface area contributed by atoms with Crippen molar-refractivity contribution in [3.05, 3.63) is 35.3 Å². The van der Waals surface area contributed by atoms with E-state index in [9.17, 15) is 8.42 Å². The molecule has 2 heterocycles. The summed E-state index contributed by atoms with van der Waals surface area (Å²) >= 11 is 1.57. The van der Waals surface area contributed by atoms with Gasteiger partial charge in [-0.15, -0.1) is 11.3 Å². The summed E-state index contributed by atoms with van der Waals surface area (Å²) in [6.45, 7) is 3.03. The highest BCUT2D eigenvalue weighted by atomic mass is 32.2. The van der Waals surface area contributed by atoms with Crippen molar-refractivity contribution in [1.29, 1.82) is 0 Å². The average molecular weight is 352 g/mol. The summed E-state index contributed by atoms with van der Waals surface area (Å²) in [5, 5.41) is 2.91. The molecule has 7 heteroatoms. The van der Waals surface area contributed by atoms with Crippen LogP contribution in [-0.4, -0.2) is 30.8 Å². The van der Waals surface area contributed by atoms with Gasteiger partial charge in [0.2, 0.25) is 0 Å². The van der Waals surface area contributed by atoms with E-state index in [0.29, 0.717) is 18.8 Å². The molecule has 0 amide bonds. The van der Waals surface area contributed by atoms with Crippen LogP contribution in [0, 0.1) is 6.92 Å². The molecule has 1 aliphatic rings. The predicted octanol–water partition coefficient (Wildman–Crippen LogP) is 3.62. The van der Waals surface area contributed by atoms with Gasteiger partial charge in [-0.3, -0.25) is 0 Å². The number of aromatic nitrogens is 1. The lowest BCUT2D eigenvalue weighted by Gasteiger charge is -2.19. The number of rotatable bonds is 4. The van der Waals surface area contributed by atoms with E-state index in [-0.39, 0.29) is 0 Å². The minimum Gasteiger partial charge on any atom is -0.371 e. The summed E-state index contributed by atoms with van der Waals surface area (Å²) in [5.74, 6) is 0.339. The fourth-order valence-corrected chi connectivity index (χ4v) is 4.55. The maximum Gasteiger partial charge on any atom is 0.385 e. The summed E-state index contributed by atoms with van der Waals surface area (Å²) in [4.78, 5) is 4.42. The third kappa shape index (κ3) is 4.10. The Balaban J connectivity index is 1.72. The van der Waals surface area contributed by atoms with Crippen LogP contribution in [0.3, 0.4) is 0 Å². The van der Waals surface area contributed by atoms with Crippen LogP contribution < -0.4 is 4.18 Å². The van der Waals surface area contributed by atoms with Crippen molar-refractivity contribution in [2.24, 2.45) is 0 Å². The van der Waals surface area contributed by atoms with Crippen molar-refractivity contribution < 1.29 is 12.6 Å². The monoisotopic (exact) mass is 352 g/mol. The Bertz CT molecular complexity index is 746. The zero-order valence-electron chi connectivity index (χ0n) is 13.1. The number of benzene rings is 1. The number of thiazole rings is 1. The Morgan fingerprint density at radius 3 is 2.30 bits per heavy atom. The van der Waals surface area contributed by atoms with Gasteiger partial charge >= 0.3 is 10.3 Å². The molecule has 0 N–H and O–H groups in total. The Morgan fingerprint density at radius 2 is 1.74 bits per heavy atom. The molecular formula is C16H20N2O3S2. The van der Waals surface area contributed by atoms with Crippen molar-refractivity contribution >= 4 is 21.6 Å². The van der Waals surface area contributed by atoms with Gasteiger partial charge in [0.1, 0.15) is 10.8 Å². The Kier molecular flexibility index (Phi) is 4.99. The Morgan fingerprint density at radius 1 is 1.09 bits per heavy atom. The highest BCUT2D eigenvalue weighted by Crippen LogP contribution is 2.26. The van der Waals surface area contributed by atoms with E-state index < -0.39 is 10.3 Å². The fourth-order valence-electron chi connectivity index (χ4n) is 2.58. The molecule has 1 fully saturated rings. The molecule has 0 saturated carbocycles. The fraction of sp³-hybridized carbons (Fsp3) is 0.438. The van der Waals surface area contributed by atoms with Crippen LogP contribution in [0.15, 0.2) is 29.6 Å². The van der Waals surface area contributed by atoms with Gasteiger partial charge in [0.15, 0.2) is 0 Å². The SMILES string of the molecule is Cc1csc(-c2ccc(OS(=O)(=O)N3CCCCCC3)cc2)n1. The zero-order chi connectivity index (χ0) is 16.3. The molecule has 124 valence electrons. The number of nitrogens with zero attached hydrogens (tertiary/aromatic N) is 2. The summed E-state index contributed by atoms with van der Waals surface area (Å²) < 4.78 is 31.4. The van der Waals surface area contributed by atoms with Crippen LogP contribution in [0.5, 0.6) is 5.75 Å². The number of aryl methyl sites for hydroxylation is 1. The van der Waals surface area contributed by atoms with Gasteiger partial charge in [-0.25, -0.2) is 4.98 Å². The van der Waals surface area contributed by atoms with E-state index in [2.05, 4.69) is 4.98 Å². The minimum absolute atomic E-state index is 0.339. The first-order valence-corrected chi connectivity index (χ1v) is 10.0. The molecule has 5 nitrogen and oxygen atoms in total. The van der Waals surface area contributed by atoms with Crippen LogP contribution in [-0.2, 0) is 10.3 Å². The van der Waals surface area contributed by atoms with Gasteiger partial charge in [-0.1, -0.05) is 12.8 Å². The molecule has 0 spiro atoms. The summed E-state index contributed by atoms with van der Waals surface area (Å²) in [5.41, 5.74) is 1.94. The smallest absolute Gasteiger partial charge is 0.371 e. The second-order valence-corrected chi connectivity index (χ2v) is 8.07. The lowest BCUT2D eigenvalue weighted by atomic mass is 10.2. The third-order valence-electron chi connectivity index (χ3n) is 3.80. The first-order chi connectivity index (χ1) is 11.0. The van der Waals surface area contributed by atoms with Crippen molar-refractivity contribution in [3.63, 3.8) is 0 Å². The molecule has 1 aromatic carbocycles. The molecule has 23 heavy (non-hydrogen) atoms. The van der Waals surface area contributed by atoms with Gasteiger partial charge in [0.25, 0.3) is 0 Å². The van der Waals surface area contributed by atoms with E-state index in [1.807, 2.05) is 24.4 Å². The largest absolute Gasteiger partial charge is 0.385 e. The van der Waals surface area contributed by atoms with Gasteiger partial charge < -0.3 is 4.18 Å². The molecule has 0 radical (unpaired) electrons. The molecule has 0 bridgehead atoms. The van der Waals surface area contributed by atoms with E-state index in [4.69, 9.17) is 4.18 Å². The second-order valence-electron chi connectivity index (χ2n) is 5.67. The Labute approximate surface area is 141 Å². The van der Waals surface area contributed by atoms with Crippen LogP contribution in [0.1, 0.15) is 31.4 Å². The normalized spacial score (nSPS) is 16.9. The van der Waals surface area contributed by atoms with Gasteiger partial charge in [0, 0.05) is 29.7 Å². The molecule has 0 unspecified atom stereocenters. The molecule has 2 aromatic rings. The molecule has 0 atom stereocenters.